The molecule has 1 aromatic heterocycles. The highest BCUT2D eigenvalue weighted by Gasteiger charge is 2.29. The summed E-state index contributed by atoms with van der Waals surface area (Å²) in [6.45, 7) is 3.71. The monoisotopic (exact) mass is 305 g/mol. The number of nitrogens with one attached hydrogen (secondary N) is 1. The van der Waals surface area contributed by atoms with Gasteiger partial charge in [0.15, 0.2) is 0 Å². The molecule has 2 rings (SSSR count). The van der Waals surface area contributed by atoms with Gasteiger partial charge in [-0.3, -0.25) is 14.4 Å². The molecule has 0 spiro atoms. The van der Waals surface area contributed by atoms with Crippen LogP contribution in [0.1, 0.15) is 36.7 Å². The Bertz CT molecular complexity index is 609. The second kappa shape index (κ2) is 7.24. The van der Waals surface area contributed by atoms with Crippen LogP contribution in [0.2, 0.25) is 0 Å². The first-order chi connectivity index (χ1) is 10.5. The Labute approximate surface area is 130 Å². The van der Waals surface area contributed by atoms with Gasteiger partial charge in [0.2, 0.25) is 5.91 Å². The lowest BCUT2D eigenvalue weighted by Gasteiger charge is -2.32. The highest BCUT2D eigenvalue weighted by Crippen LogP contribution is 2.18. The normalized spacial score (nSPS) is 18.1. The zero-order chi connectivity index (χ0) is 16.1. The molecular formula is C16H23N3O3. The smallest absolute Gasteiger partial charge is 0.270 e. The average Bonchev–Trinajstić information content (AvgIpc) is 2.54. The summed E-state index contributed by atoms with van der Waals surface area (Å²) < 4.78 is 1.35. The Hall–Kier alpha value is -2.11. The van der Waals surface area contributed by atoms with Crippen LogP contribution in [0.15, 0.2) is 23.0 Å². The molecule has 1 atom stereocenters. The van der Waals surface area contributed by atoms with E-state index in [0.717, 1.165) is 19.3 Å². The highest BCUT2D eigenvalue weighted by molar-refractivity contribution is 5.93. The molecule has 6 nitrogen and oxygen atoms in total. The van der Waals surface area contributed by atoms with Crippen molar-refractivity contribution in [1.82, 2.24) is 14.8 Å². The molecule has 1 N–H and O–H groups in total. The van der Waals surface area contributed by atoms with Gasteiger partial charge in [-0.25, -0.2) is 0 Å². The summed E-state index contributed by atoms with van der Waals surface area (Å²) in [6, 6.07) is 4.66. The van der Waals surface area contributed by atoms with Gasteiger partial charge in [0.05, 0.1) is 5.92 Å². The SMILES string of the molecule is CCCNC(=O)C1CCCN(C(=O)c2cccc(=O)n2C)C1. The van der Waals surface area contributed by atoms with Crippen LogP contribution < -0.4 is 10.9 Å². The second-order valence-electron chi connectivity index (χ2n) is 5.69. The van der Waals surface area contributed by atoms with Crippen molar-refractivity contribution < 1.29 is 9.59 Å². The van der Waals surface area contributed by atoms with Crippen LogP contribution >= 0.6 is 0 Å². The third-order valence-corrected chi connectivity index (χ3v) is 4.03. The van der Waals surface area contributed by atoms with E-state index in [4.69, 9.17) is 0 Å². The maximum atomic E-state index is 12.6. The van der Waals surface area contributed by atoms with Crippen LogP contribution in [-0.4, -0.2) is 40.9 Å². The third-order valence-electron chi connectivity index (χ3n) is 4.03. The first-order valence-corrected chi connectivity index (χ1v) is 7.77. The van der Waals surface area contributed by atoms with E-state index in [2.05, 4.69) is 5.32 Å². The Morgan fingerprint density at radius 3 is 2.86 bits per heavy atom. The maximum Gasteiger partial charge on any atom is 0.270 e. The number of hydrogen-bond donors (Lipinski definition) is 1. The van der Waals surface area contributed by atoms with Gasteiger partial charge in [0, 0.05) is 32.7 Å². The Morgan fingerprint density at radius 1 is 1.36 bits per heavy atom. The molecule has 0 saturated carbocycles. The number of likely N-dealkylation sites (tertiary alicyclic amines) is 1. The van der Waals surface area contributed by atoms with Crippen LogP contribution in [0.4, 0.5) is 0 Å². The molecule has 0 aromatic carbocycles. The molecule has 1 aliphatic heterocycles. The molecular weight excluding hydrogens is 282 g/mol. The van der Waals surface area contributed by atoms with Crippen molar-refractivity contribution in [1.29, 1.82) is 0 Å². The summed E-state index contributed by atoms with van der Waals surface area (Å²) in [5, 5.41) is 2.89. The van der Waals surface area contributed by atoms with E-state index >= 15 is 0 Å². The number of amides is 2. The lowest BCUT2D eigenvalue weighted by atomic mass is 9.96. The predicted octanol–water partition coefficient (Wildman–Crippen LogP) is 0.764. The molecule has 1 aliphatic rings. The highest BCUT2D eigenvalue weighted by atomic mass is 16.2. The maximum absolute atomic E-state index is 12.6. The Morgan fingerprint density at radius 2 is 2.14 bits per heavy atom. The fourth-order valence-corrected chi connectivity index (χ4v) is 2.71. The summed E-state index contributed by atoms with van der Waals surface area (Å²) in [4.78, 5) is 38.0. The van der Waals surface area contributed by atoms with Crippen molar-refractivity contribution in [3.05, 3.63) is 34.2 Å². The quantitative estimate of drug-likeness (QED) is 0.893. The first kappa shape index (κ1) is 16.3. The zero-order valence-electron chi connectivity index (χ0n) is 13.2. The van der Waals surface area contributed by atoms with Gasteiger partial charge < -0.3 is 14.8 Å². The molecule has 1 saturated heterocycles. The Balaban J connectivity index is 2.08. The molecule has 1 fully saturated rings. The lowest BCUT2D eigenvalue weighted by Crippen LogP contribution is -2.46. The zero-order valence-corrected chi connectivity index (χ0v) is 13.2. The van der Waals surface area contributed by atoms with Crippen molar-refractivity contribution >= 4 is 11.8 Å². The molecule has 1 unspecified atom stereocenters. The molecule has 6 heteroatoms. The van der Waals surface area contributed by atoms with Gasteiger partial charge >= 0.3 is 0 Å². The van der Waals surface area contributed by atoms with Gasteiger partial charge in [-0.1, -0.05) is 13.0 Å². The topological polar surface area (TPSA) is 71.4 Å². The number of nitrogens with zero attached hydrogens (tertiary/aromatic N) is 2. The summed E-state index contributed by atoms with van der Waals surface area (Å²) in [7, 11) is 1.59. The number of aromatic nitrogens is 1. The molecule has 22 heavy (non-hydrogen) atoms. The van der Waals surface area contributed by atoms with Crippen LogP contribution in [-0.2, 0) is 11.8 Å². The molecule has 120 valence electrons. The number of hydrogen-bond acceptors (Lipinski definition) is 3. The lowest BCUT2D eigenvalue weighted by molar-refractivity contribution is -0.126. The molecule has 1 aromatic rings. The molecule has 0 bridgehead atoms. The largest absolute Gasteiger partial charge is 0.356 e. The molecule has 0 aliphatic carbocycles. The second-order valence-corrected chi connectivity index (χ2v) is 5.69. The Kier molecular flexibility index (Phi) is 5.35. The van der Waals surface area contributed by atoms with Crippen LogP contribution in [0.5, 0.6) is 0 Å². The summed E-state index contributed by atoms with van der Waals surface area (Å²) in [5.41, 5.74) is 0.155. The minimum absolute atomic E-state index is 0.0151. The predicted molar refractivity (Wildman–Crippen MR) is 83.6 cm³/mol. The van der Waals surface area contributed by atoms with E-state index in [1.807, 2.05) is 6.92 Å². The summed E-state index contributed by atoms with van der Waals surface area (Å²) in [6.07, 6.45) is 2.50. The van der Waals surface area contributed by atoms with E-state index in [-0.39, 0.29) is 23.3 Å². The molecule has 2 heterocycles. The standard InChI is InChI=1S/C16H23N3O3/c1-3-9-17-15(21)12-6-5-10-19(11-12)16(22)13-7-4-8-14(20)18(13)2/h4,7-8,12H,3,5-6,9-11H2,1-2H3,(H,17,21). The van der Waals surface area contributed by atoms with Crippen molar-refractivity contribution in [2.75, 3.05) is 19.6 Å². The number of pyridine rings is 1. The van der Waals surface area contributed by atoms with Crippen LogP contribution in [0, 0.1) is 5.92 Å². The fourth-order valence-electron chi connectivity index (χ4n) is 2.71. The summed E-state index contributed by atoms with van der Waals surface area (Å²) in [5.74, 6) is -0.334. The van der Waals surface area contributed by atoms with Gasteiger partial charge in [-0.15, -0.1) is 0 Å². The van der Waals surface area contributed by atoms with Crippen molar-refractivity contribution in [3.63, 3.8) is 0 Å². The van der Waals surface area contributed by atoms with Gasteiger partial charge in [0.1, 0.15) is 5.69 Å². The van der Waals surface area contributed by atoms with E-state index < -0.39 is 0 Å². The van der Waals surface area contributed by atoms with Crippen LogP contribution in [0.3, 0.4) is 0 Å². The minimum atomic E-state index is -0.208. The third kappa shape index (κ3) is 3.55. The van der Waals surface area contributed by atoms with Crippen LogP contribution in [0.25, 0.3) is 0 Å². The minimum Gasteiger partial charge on any atom is -0.356 e. The van der Waals surface area contributed by atoms with Crippen molar-refractivity contribution in [2.45, 2.75) is 26.2 Å². The molecule has 2 amide bonds. The van der Waals surface area contributed by atoms with Crippen molar-refractivity contribution in [3.8, 4) is 0 Å². The average molecular weight is 305 g/mol. The van der Waals surface area contributed by atoms with E-state index in [9.17, 15) is 14.4 Å². The number of rotatable bonds is 4. The van der Waals surface area contributed by atoms with E-state index in [0.29, 0.717) is 25.3 Å². The first-order valence-electron chi connectivity index (χ1n) is 7.77. The van der Waals surface area contributed by atoms with E-state index in [1.165, 1.54) is 10.6 Å². The van der Waals surface area contributed by atoms with Gasteiger partial charge in [-0.2, -0.15) is 0 Å². The van der Waals surface area contributed by atoms with Gasteiger partial charge in [0.25, 0.3) is 11.5 Å². The fraction of sp³-hybridized carbons (Fsp3) is 0.562. The number of carbonyl (C=O) groups is 2. The molecule has 0 radical (unpaired) electrons. The van der Waals surface area contributed by atoms with E-state index in [1.54, 1.807) is 24.1 Å². The summed E-state index contributed by atoms with van der Waals surface area (Å²) >= 11 is 0. The van der Waals surface area contributed by atoms with Gasteiger partial charge in [-0.05, 0) is 25.3 Å². The van der Waals surface area contributed by atoms with Crippen molar-refractivity contribution in [2.24, 2.45) is 13.0 Å². The number of carbonyl (C=O) groups excluding carboxylic acids is 2. The number of piperidine rings is 1.